The summed E-state index contributed by atoms with van der Waals surface area (Å²) in [4.78, 5) is 30.3. The van der Waals surface area contributed by atoms with Gasteiger partial charge in [-0.25, -0.2) is 29.9 Å². The molecule has 0 atom stereocenters. The Morgan fingerprint density at radius 1 is 0.107 bits per heavy atom. The first-order chi connectivity index (χ1) is 60.5. The van der Waals surface area contributed by atoms with Gasteiger partial charge in [0.2, 0.25) is 0 Å². The van der Waals surface area contributed by atoms with E-state index >= 15 is 0 Å². The first-order valence-corrected chi connectivity index (χ1v) is 41.4. The molecule has 0 amide bonds. The minimum absolute atomic E-state index is 0.628. The van der Waals surface area contributed by atoms with E-state index in [0.717, 1.165) is 72.3 Å². The van der Waals surface area contributed by atoms with Crippen molar-refractivity contribution in [2.24, 2.45) is 0 Å². The molecule has 0 aliphatic heterocycles. The fraction of sp³-hybridized carbons (Fsp3) is 0. The van der Waals surface area contributed by atoms with Crippen LogP contribution in [0.5, 0.6) is 0 Å². The lowest BCUT2D eigenvalue weighted by Crippen LogP contribution is -2.00. The zero-order chi connectivity index (χ0) is 80.8. The third-order valence-corrected chi connectivity index (χ3v) is 23.8. The van der Waals surface area contributed by atoms with E-state index in [9.17, 15) is 0 Å². The van der Waals surface area contributed by atoms with Crippen molar-refractivity contribution in [3.05, 3.63) is 449 Å². The van der Waals surface area contributed by atoms with Crippen LogP contribution in [0, 0.1) is 0 Å². The molecule has 6 heteroatoms. The highest BCUT2D eigenvalue weighted by molar-refractivity contribution is 6.27. The third kappa shape index (κ3) is 13.6. The van der Waals surface area contributed by atoms with Gasteiger partial charge in [-0.2, -0.15) is 0 Å². The quantitative estimate of drug-likeness (QED) is 0.107. The molecule has 0 unspecified atom stereocenters. The molecule has 0 N–H and O–H groups in total. The standard InChI is InChI=1S/C61H39N3.C55H35N3/c1-3-15-40(16-4-1)45-20-14-23-49(38-45)61-63-59(43-18-5-2-6-19-43)62-60(64-61)44-31-29-42(30-32-44)51-35-33-41-17-7-8-24-50(41)58(51)48-22-13-21-46(37-48)47-34-36-56-54-27-10-9-25-52(54)53-26-11-12-28-55(53)57(56)39-47;1-3-14-36(15-4-1)41-19-13-20-43(34-41)55-57-53(39-17-5-2-6-18-39)56-54(58-55)40-28-26-38(27-29-40)45-32-30-37-16-7-8-21-44(37)52(45)42-31-33-50-48-24-10-9-22-46(48)47-23-11-12-25-49(47)51(50)35-42/h1-39H;1-35H. The molecule has 0 fully saturated rings. The van der Waals surface area contributed by atoms with E-state index in [0.29, 0.717) is 34.9 Å². The van der Waals surface area contributed by atoms with E-state index in [-0.39, 0.29) is 0 Å². The topological polar surface area (TPSA) is 77.3 Å². The first-order valence-electron chi connectivity index (χ1n) is 41.4. The van der Waals surface area contributed by atoms with Crippen LogP contribution in [0.15, 0.2) is 449 Å². The van der Waals surface area contributed by atoms with E-state index in [1.165, 1.54) is 125 Å². The fourth-order valence-electron chi connectivity index (χ4n) is 17.9. The molecule has 21 aromatic carbocycles. The lowest BCUT2D eigenvalue weighted by atomic mass is 9.87. The van der Waals surface area contributed by atoms with E-state index in [4.69, 9.17) is 29.9 Å². The second-order valence-corrected chi connectivity index (χ2v) is 31.1. The zero-order valence-corrected chi connectivity index (χ0v) is 66.4. The van der Waals surface area contributed by atoms with Gasteiger partial charge in [-0.3, -0.25) is 0 Å². The van der Waals surface area contributed by atoms with Gasteiger partial charge >= 0.3 is 0 Å². The maximum Gasteiger partial charge on any atom is 0.164 e. The molecule has 23 rings (SSSR count). The number of nitrogens with zero attached hydrogens (tertiary/aromatic N) is 6. The average molecular weight is 1550 g/mol. The van der Waals surface area contributed by atoms with Gasteiger partial charge in [-0.1, -0.05) is 419 Å². The third-order valence-electron chi connectivity index (χ3n) is 23.8. The Hall–Kier alpha value is -16.3. The molecule has 2 aromatic heterocycles. The summed E-state index contributed by atoms with van der Waals surface area (Å²) in [5, 5.41) is 20.1. The molecule has 0 aliphatic rings. The summed E-state index contributed by atoms with van der Waals surface area (Å²) >= 11 is 0. The first kappa shape index (κ1) is 72.2. The monoisotopic (exact) mass is 1550 g/mol. The van der Waals surface area contributed by atoms with Crippen LogP contribution in [-0.4, -0.2) is 29.9 Å². The van der Waals surface area contributed by atoms with Crippen LogP contribution >= 0.6 is 0 Å². The van der Waals surface area contributed by atoms with E-state index < -0.39 is 0 Å². The Morgan fingerprint density at radius 3 is 0.689 bits per heavy atom. The zero-order valence-electron chi connectivity index (χ0n) is 66.4. The number of aromatic nitrogens is 6. The van der Waals surface area contributed by atoms with Crippen molar-refractivity contribution in [1.82, 2.24) is 29.9 Å². The molecule has 6 nitrogen and oxygen atoms in total. The minimum Gasteiger partial charge on any atom is -0.208 e. The normalized spacial score (nSPS) is 11.4. The number of hydrogen-bond acceptors (Lipinski definition) is 6. The predicted octanol–water partition coefficient (Wildman–Crippen LogP) is 30.6. The molecule has 0 bridgehead atoms. The SMILES string of the molecule is c1ccc(-c2cccc(-c3nc(-c4ccccc4)nc(-c4ccc(-c5ccc6ccccc6c5-c5ccc6c7ccccc7c7ccccc7c6c5)cc4)n3)c2)cc1.c1ccc(-c2cccc(-c3nc(-c4ccccc4)nc(-c4ccc(-c5ccc6ccccc6c5-c5cccc(-c6ccc7c8ccccc8c8ccccc8c7c6)c5)cc4)n3)c2)cc1. The summed E-state index contributed by atoms with van der Waals surface area (Å²) in [5.74, 6) is 3.81. The van der Waals surface area contributed by atoms with Crippen molar-refractivity contribution in [1.29, 1.82) is 0 Å². The van der Waals surface area contributed by atoms with Crippen LogP contribution in [0.1, 0.15) is 0 Å². The number of fused-ring (bicyclic) bond motifs is 14. The smallest absolute Gasteiger partial charge is 0.164 e. The summed E-state index contributed by atoms with van der Waals surface area (Å²) in [6.45, 7) is 0. The maximum atomic E-state index is 5.11. The van der Waals surface area contributed by atoms with Crippen molar-refractivity contribution in [3.63, 3.8) is 0 Å². The van der Waals surface area contributed by atoms with Gasteiger partial charge in [0, 0.05) is 33.4 Å². The predicted molar refractivity (Wildman–Crippen MR) is 510 cm³/mol. The van der Waals surface area contributed by atoms with Gasteiger partial charge in [0.05, 0.1) is 0 Å². The van der Waals surface area contributed by atoms with Crippen LogP contribution in [0.4, 0.5) is 0 Å². The van der Waals surface area contributed by atoms with Gasteiger partial charge in [-0.15, -0.1) is 0 Å². The van der Waals surface area contributed by atoms with Crippen LogP contribution in [0.3, 0.4) is 0 Å². The summed E-state index contributed by atoms with van der Waals surface area (Å²) < 4.78 is 0. The molecule has 2 heterocycles. The highest BCUT2D eigenvalue weighted by Crippen LogP contribution is 2.46. The van der Waals surface area contributed by atoms with Gasteiger partial charge in [0.25, 0.3) is 0 Å². The van der Waals surface area contributed by atoms with Crippen molar-refractivity contribution in [2.75, 3.05) is 0 Å². The molecule has 0 radical (unpaired) electrons. The van der Waals surface area contributed by atoms with Crippen LogP contribution < -0.4 is 0 Å². The molecular formula is C116H74N6. The van der Waals surface area contributed by atoms with Crippen LogP contribution in [-0.2, 0) is 0 Å². The lowest BCUT2D eigenvalue weighted by Gasteiger charge is -2.17. The van der Waals surface area contributed by atoms with E-state index in [2.05, 4.69) is 376 Å². The van der Waals surface area contributed by atoms with Crippen molar-refractivity contribution in [3.8, 4) is 146 Å². The molecule has 23 aromatic rings. The summed E-state index contributed by atoms with van der Waals surface area (Å²) in [7, 11) is 0. The Kier molecular flexibility index (Phi) is 18.5. The van der Waals surface area contributed by atoms with Gasteiger partial charge < -0.3 is 0 Å². The Morgan fingerprint density at radius 2 is 0.320 bits per heavy atom. The molecule has 122 heavy (non-hydrogen) atoms. The Balaban J connectivity index is 0.000000146. The second kappa shape index (κ2) is 31.3. The van der Waals surface area contributed by atoms with Gasteiger partial charge in [0.15, 0.2) is 34.9 Å². The Bertz CT molecular complexity index is 7900. The molecular weight excluding hydrogens is 1480 g/mol. The van der Waals surface area contributed by atoms with Crippen molar-refractivity contribution < 1.29 is 0 Å². The molecule has 0 aliphatic carbocycles. The van der Waals surface area contributed by atoms with Gasteiger partial charge in [-0.05, 0) is 194 Å². The summed E-state index contributed by atoms with van der Waals surface area (Å²) in [5.41, 5.74) is 21.9. The van der Waals surface area contributed by atoms with Crippen LogP contribution in [0.25, 0.3) is 232 Å². The minimum atomic E-state index is 0.628. The van der Waals surface area contributed by atoms with Crippen molar-refractivity contribution in [2.45, 2.75) is 0 Å². The highest BCUT2D eigenvalue weighted by Gasteiger charge is 2.22. The highest BCUT2D eigenvalue weighted by atomic mass is 15.0. The average Bonchev–Trinajstić information content (AvgIpc) is 0.762. The van der Waals surface area contributed by atoms with E-state index in [1.807, 2.05) is 72.8 Å². The molecule has 0 saturated carbocycles. The summed E-state index contributed by atoms with van der Waals surface area (Å²) in [6, 6.07) is 160. The second-order valence-electron chi connectivity index (χ2n) is 31.1. The lowest BCUT2D eigenvalue weighted by molar-refractivity contribution is 1.07. The van der Waals surface area contributed by atoms with Gasteiger partial charge in [0.1, 0.15) is 0 Å². The number of hydrogen-bond donors (Lipinski definition) is 0. The molecule has 0 saturated heterocycles. The molecule has 0 spiro atoms. The fourth-order valence-corrected chi connectivity index (χ4v) is 17.9. The maximum absolute atomic E-state index is 5.11. The number of benzene rings is 21. The van der Waals surface area contributed by atoms with Crippen molar-refractivity contribution >= 4 is 86.2 Å². The van der Waals surface area contributed by atoms with Crippen LogP contribution in [0.2, 0.25) is 0 Å². The number of rotatable bonds is 13. The van der Waals surface area contributed by atoms with E-state index in [1.54, 1.807) is 0 Å². The summed E-state index contributed by atoms with van der Waals surface area (Å²) in [6.07, 6.45) is 0. The molecule has 568 valence electrons. The Labute approximate surface area is 706 Å². The largest absolute Gasteiger partial charge is 0.208 e.